The van der Waals surface area contributed by atoms with Crippen LogP contribution in [0.2, 0.25) is 0 Å². The van der Waals surface area contributed by atoms with Gasteiger partial charge < -0.3 is 14.6 Å². The van der Waals surface area contributed by atoms with Crippen LogP contribution in [0.4, 0.5) is 0 Å². The van der Waals surface area contributed by atoms with Gasteiger partial charge in [-0.15, -0.1) is 0 Å². The van der Waals surface area contributed by atoms with Crippen LogP contribution in [0.3, 0.4) is 0 Å². The maximum absolute atomic E-state index is 11.3. The molecular weight excluding hydrogens is 212 g/mol. The zero-order chi connectivity index (χ0) is 12.0. The van der Waals surface area contributed by atoms with Crippen molar-refractivity contribution in [2.45, 2.75) is 6.42 Å². The first kappa shape index (κ1) is 12.0. The van der Waals surface area contributed by atoms with Crippen molar-refractivity contribution in [1.29, 1.82) is 0 Å². The SMILES string of the molecule is COC(=O)c1ccccc1OCCC(=O)O. The highest BCUT2D eigenvalue weighted by Gasteiger charge is 2.12. The van der Waals surface area contributed by atoms with Gasteiger partial charge >= 0.3 is 11.9 Å². The van der Waals surface area contributed by atoms with E-state index in [4.69, 9.17) is 9.84 Å². The maximum atomic E-state index is 11.3. The van der Waals surface area contributed by atoms with Crippen LogP contribution in [0.1, 0.15) is 16.8 Å². The Morgan fingerprint density at radius 3 is 2.62 bits per heavy atom. The van der Waals surface area contributed by atoms with E-state index < -0.39 is 11.9 Å². The molecule has 1 aromatic carbocycles. The van der Waals surface area contributed by atoms with E-state index in [0.29, 0.717) is 5.75 Å². The van der Waals surface area contributed by atoms with E-state index in [1.165, 1.54) is 7.11 Å². The number of hydrogen-bond acceptors (Lipinski definition) is 4. The number of carboxylic acids is 1. The summed E-state index contributed by atoms with van der Waals surface area (Å²) in [5, 5.41) is 8.44. The van der Waals surface area contributed by atoms with Crippen molar-refractivity contribution in [3.05, 3.63) is 29.8 Å². The van der Waals surface area contributed by atoms with Gasteiger partial charge in [0.1, 0.15) is 11.3 Å². The molecule has 1 N–H and O–H groups in total. The summed E-state index contributed by atoms with van der Waals surface area (Å²) in [6.45, 7) is 0.0172. The van der Waals surface area contributed by atoms with Crippen molar-refractivity contribution in [1.82, 2.24) is 0 Å². The van der Waals surface area contributed by atoms with Gasteiger partial charge in [0.05, 0.1) is 20.1 Å². The molecule has 0 unspecified atom stereocenters. The van der Waals surface area contributed by atoms with Crippen LogP contribution in [0.15, 0.2) is 24.3 Å². The molecule has 0 saturated heterocycles. The summed E-state index contributed by atoms with van der Waals surface area (Å²) in [5.41, 5.74) is 0.287. The molecule has 1 aromatic rings. The van der Waals surface area contributed by atoms with E-state index in [1.807, 2.05) is 0 Å². The van der Waals surface area contributed by atoms with Crippen LogP contribution in [0.5, 0.6) is 5.75 Å². The Morgan fingerprint density at radius 2 is 2.00 bits per heavy atom. The second-order valence-electron chi connectivity index (χ2n) is 2.98. The van der Waals surface area contributed by atoms with Crippen molar-refractivity contribution >= 4 is 11.9 Å². The lowest BCUT2D eigenvalue weighted by molar-refractivity contribution is -0.137. The Kier molecular flexibility index (Phi) is 4.32. The molecule has 0 saturated carbocycles. The van der Waals surface area contributed by atoms with Crippen molar-refractivity contribution in [3.63, 3.8) is 0 Å². The Bertz CT molecular complexity index is 386. The van der Waals surface area contributed by atoms with Gasteiger partial charge in [-0.3, -0.25) is 4.79 Å². The van der Waals surface area contributed by atoms with Gasteiger partial charge in [-0.2, -0.15) is 0 Å². The minimum atomic E-state index is -0.949. The molecule has 0 aliphatic heterocycles. The largest absolute Gasteiger partial charge is 0.492 e. The van der Waals surface area contributed by atoms with Crippen LogP contribution in [-0.4, -0.2) is 30.8 Å². The normalized spacial score (nSPS) is 9.56. The van der Waals surface area contributed by atoms with Gasteiger partial charge in [-0.05, 0) is 12.1 Å². The third-order valence-electron chi connectivity index (χ3n) is 1.87. The second-order valence-corrected chi connectivity index (χ2v) is 2.98. The first-order chi connectivity index (χ1) is 7.65. The number of rotatable bonds is 5. The van der Waals surface area contributed by atoms with E-state index in [0.717, 1.165) is 0 Å². The van der Waals surface area contributed by atoms with Gasteiger partial charge in [0, 0.05) is 0 Å². The molecule has 16 heavy (non-hydrogen) atoms. The van der Waals surface area contributed by atoms with Gasteiger partial charge in [0.25, 0.3) is 0 Å². The molecule has 0 radical (unpaired) electrons. The number of hydrogen-bond donors (Lipinski definition) is 1. The topological polar surface area (TPSA) is 72.8 Å². The molecule has 0 amide bonds. The van der Waals surface area contributed by atoms with Crippen LogP contribution >= 0.6 is 0 Å². The van der Waals surface area contributed by atoms with E-state index in [2.05, 4.69) is 4.74 Å². The summed E-state index contributed by atoms with van der Waals surface area (Å²) < 4.78 is 9.76. The molecular formula is C11H12O5. The van der Waals surface area contributed by atoms with Crippen molar-refractivity contribution in [2.75, 3.05) is 13.7 Å². The number of esters is 1. The highest BCUT2D eigenvalue weighted by atomic mass is 16.5. The smallest absolute Gasteiger partial charge is 0.341 e. The minimum Gasteiger partial charge on any atom is -0.492 e. The monoisotopic (exact) mass is 224 g/mol. The van der Waals surface area contributed by atoms with Gasteiger partial charge in [0.15, 0.2) is 0 Å². The molecule has 86 valence electrons. The number of carboxylic acid groups (broad SMARTS) is 1. The number of aliphatic carboxylic acids is 1. The lowest BCUT2D eigenvalue weighted by Gasteiger charge is -2.08. The summed E-state index contributed by atoms with van der Waals surface area (Å²) >= 11 is 0. The standard InChI is InChI=1S/C11H12O5/c1-15-11(14)8-4-2-3-5-9(8)16-7-6-10(12)13/h2-5H,6-7H2,1H3,(H,12,13). The Balaban J connectivity index is 2.71. The molecule has 0 bridgehead atoms. The molecule has 0 spiro atoms. The lowest BCUT2D eigenvalue weighted by Crippen LogP contribution is -2.09. The number of carbonyl (C=O) groups excluding carboxylic acids is 1. The van der Waals surface area contributed by atoms with E-state index >= 15 is 0 Å². The quantitative estimate of drug-likeness (QED) is 0.764. The minimum absolute atomic E-state index is 0.0172. The van der Waals surface area contributed by atoms with Crippen molar-refractivity contribution < 1.29 is 24.2 Å². The Morgan fingerprint density at radius 1 is 1.31 bits per heavy atom. The lowest BCUT2D eigenvalue weighted by atomic mass is 10.2. The van der Waals surface area contributed by atoms with E-state index in [9.17, 15) is 9.59 Å². The molecule has 0 aliphatic rings. The Labute approximate surface area is 92.6 Å². The van der Waals surface area contributed by atoms with Crippen molar-refractivity contribution in [2.24, 2.45) is 0 Å². The fourth-order valence-electron chi connectivity index (χ4n) is 1.12. The number of methoxy groups -OCH3 is 1. The van der Waals surface area contributed by atoms with Crippen LogP contribution in [-0.2, 0) is 9.53 Å². The van der Waals surface area contributed by atoms with Crippen molar-refractivity contribution in [3.8, 4) is 5.75 Å². The maximum Gasteiger partial charge on any atom is 0.341 e. The Hall–Kier alpha value is -2.04. The van der Waals surface area contributed by atoms with Gasteiger partial charge in [-0.25, -0.2) is 4.79 Å². The molecule has 0 atom stereocenters. The fourth-order valence-corrected chi connectivity index (χ4v) is 1.12. The summed E-state index contributed by atoms with van der Waals surface area (Å²) in [6.07, 6.45) is -0.116. The third-order valence-corrected chi connectivity index (χ3v) is 1.87. The highest BCUT2D eigenvalue weighted by Crippen LogP contribution is 2.18. The molecule has 0 aliphatic carbocycles. The highest BCUT2D eigenvalue weighted by molar-refractivity contribution is 5.92. The number of ether oxygens (including phenoxy) is 2. The summed E-state index contributed by atoms with van der Waals surface area (Å²) in [5.74, 6) is -1.13. The molecule has 0 fully saturated rings. The predicted molar refractivity (Wildman–Crippen MR) is 55.5 cm³/mol. The van der Waals surface area contributed by atoms with Crippen LogP contribution in [0.25, 0.3) is 0 Å². The molecule has 1 rings (SSSR count). The summed E-state index contributed by atoms with van der Waals surface area (Å²) in [6, 6.07) is 6.52. The van der Waals surface area contributed by atoms with Crippen LogP contribution in [0, 0.1) is 0 Å². The average molecular weight is 224 g/mol. The van der Waals surface area contributed by atoms with Crippen LogP contribution < -0.4 is 4.74 Å². The molecule has 0 heterocycles. The molecule has 0 aromatic heterocycles. The van der Waals surface area contributed by atoms with Gasteiger partial charge in [0.2, 0.25) is 0 Å². The number of carbonyl (C=O) groups is 2. The summed E-state index contributed by atoms with van der Waals surface area (Å²) in [7, 11) is 1.27. The fraction of sp³-hybridized carbons (Fsp3) is 0.273. The predicted octanol–water partition coefficient (Wildman–Crippen LogP) is 1.33. The zero-order valence-corrected chi connectivity index (χ0v) is 8.80. The zero-order valence-electron chi connectivity index (χ0n) is 8.80. The number of benzene rings is 1. The first-order valence-corrected chi connectivity index (χ1v) is 4.67. The van der Waals surface area contributed by atoms with E-state index in [1.54, 1.807) is 24.3 Å². The molecule has 5 nitrogen and oxygen atoms in total. The van der Waals surface area contributed by atoms with E-state index in [-0.39, 0.29) is 18.6 Å². The number of para-hydroxylation sites is 1. The molecule has 5 heteroatoms. The average Bonchev–Trinajstić information content (AvgIpc) is 2.28. The second kappa shape index (κ2) is 5.75. The first-order valence-electron chi connectivity index (χ1n) is 4.67. The summed E-state index contributed by atoms with van der Waals surface area (Å²) in [4.78, 5) is 21.6. The third kappa shape index (κ3) is 3.27. The van der Waals surface area contributed by atoms with Gasteiger partial charge in [-0.1, -0.05) is 12.1 Å².